The Morgan fingerprint density at radius 3 is 2.65 bits per heavy atom. The number of benzene rings is 2. The van der Waals surface area contributed by atoms with Crippen LogP contribution >= 0.6 is 15.9 Å². The monoisotopic (exact) mass is 682 g/mol. The predicted molar refractivity (Wildman–Crippen MR) is 164 cm³/mol. The van der Waals surface area contributed by atoms with E-state index >= 15 is 0 Å². The van der Waals surface area contributed by atoms with Gasteiger partial charge in [0.1, 0.15) is 23.7 Å². The number of carbonyl (C=O) groups is 2. The van der Waals surface area contributed by atoms with Crippen LogP contribution in [0.25, 0.3) is 0 Å². The van der Waals surface area contributed by atoms with E-state index in [1.165, 1.54) is 11.0 Å². The predicted octanol–water partition coefficient (Wildman–Crippen LogP) is 3.10. The largest absolute Gasteiger partial charge is 0.497 e. The van der Waals surface area contributed by atoms with Crippen LogP contribution in [0.5, 0.6) is 5.75 Å². The van der Waals surface area contributed by atoms with Crippen LogP contribution in [-0.4, -0.2) is 76.3 Å². The lowest BCUT2D eigenvalue weighted by molar-refractivity contribution is -0.140. The lowest BCUT2D eigenvalue weighted by Crippen LogP contribution is -2.53. The molecule has 10 nitrogen and oxygen atoms in total. The molecule has 0 saturated carbocycles. The Balaban J connectivity index is 1.50. The number of halogens is 2. The minimum atomic E-state index is -3.71. The summed E-state index contributed by atoms with van der Waals surface area (Å²) < 4.78 is 53.4. The zero-order valence-corrected chi connectivity index (χ0v) is 26.9. The fourth-order valence-electron chi connectivity index (χ4n) is 5.61. The smallest absolute Gasteiger partial charge is 0.243 e. The highest BCUT2D eigenvalue weighted by molar-refractivity contribution is 9.10. The Morgan fingerprint density at radius 1 is 1.19 bits per heavy atom. The normalized spacial score (nSPS) is 20.1. The SMILES string of the molecule is COc1cccc(CNC(=O)C2CC(OCc3ccc(Br)cc3F)CN2C(=O)C(CCC2CCNCC2)NS(C)(=O)=O)c1. The summed E-state index contributed by atoms with van der Waals surface area (Å²) in [5.74, 6) is -0.240. The maximum absolute atomic E-state index is 14.4. The number of rotatable bonds is 13. The number of amides is 2. The lowest BCUT2D eigenvalue weighted by atomic mass is 9.91. The third-order valence-corrected chi connectivity index (χ3v) is 9.12. The van der Waals surface area contributed by atoms with Gasteiger partial charge in [-0.05, 0) is 74.5 Å². The number of piperidine rings is 1. The highest BCUT2D eigenvalue weighted by Gasteiger charge is 2.42. The Labute approximate surface area is 261 Å². The van der Waals surface area contributed by atoms with Gasteiger partial charge in [0, 0.05) is 29.5 Å². The van der Waals surface area contributed by atoms with E-state index in [0.717, 1.165) is 37.8 Å². The number of carbonyl (C=O) groups excluding carboxylic acids is 2. The van der Waals surface area contributed by atoms with Crippen molar-refractivity contribution in [2.45, 2.75) is 63.4 Å². The van der Waals surface area contributed by atoms with E-state index in [0.29, 0.717) is 34.5 Å². The van der Waals surface area contributed by atoms with Crippen molar-refractivity contribution in [3.8, 4) is 5.75 Å². The van der Waals surface area contributed by atoms with Crippen LogP contribution < -0.4 is 20.1 Å². The molecule has 0 bridgehead atoms. The summed E-state index contributed by atoms with van der Waals surface area (Å²) in [4.78, 5) is 28.9. The van der Waals surface area contributed by atoms with Crippen LogP contribution in [0.1, 0.15) is 43.2 Å². The molecule has 2 amide bonds. The summed E-state index contributed by atoms with van der Waals surface area (Å²) >= 11 is 3.24. The van der Waals surface area contributed by atoms with E-state index in [1.54, 1.807) is 25.3 Å². The molecule has 2 saturated heterocycles. The lowest BCUT2D eigenvalue weighted by Gasteiger charge is -2.30. The molecule has 2 fully saturated rings. The first kappa shape index (κ1) is 33.3. The molecule has 43 heavy (non-hydrogen) atoms. The van der Waals surface area contributed by atoms with Gasteiger partial charge in [-0.2, -0.15) is 0 Å². The average Bonchev–Trinajstić information content (AvgIpc) is 3.41. The molecule has 2 aromatic carbocycles. The number of methoxy groups -OCH3 is 1. The van der Waals surface area contributed by atoms with Crippen molar-refractivity contribution in [1.82, 2.24) is 20.3 Å². The van der Waals surface area contributed by atoms with Gasteiger partial charge in [0.25, 0.3) is 0 Å². The topological polar surface area (TPSA) is 126 Å². The third kappa shape index (κ3) is 9.97. The van der Waals surface area contributed by atoms with Crippen molar-refractivity contribution in [3.05, 3.63) is 63.9 Å². The van der Waals surface area contributed by atoms with Crippen molar-refractivity contribution in [1.29, 1.82) is 0 Å². The third-order valence-electron chi connectivity index (χ3n) is 7.92. The molecule has 0 spiro atoms. The molecule has 3 atom stereocenters. The van der Waals surface area contributed by atoms with Crippen LogP contribution in [0.15, 0.2) is 46.9 Å². The molecule has 3 N–H and O–H groups in total. The molecule has 3 unspecified atom stereocenters. The minimum Gasteiger partial charge on any atom is -0.497 e. The zero-order valence-electron chi connectivity index (χ0n) is 24.5. The summed E-state index contributed by atoms with van der Waals surface area (Å²) in [6.45, 7) is 2.03. The fraction of sp³-hybridized carbons (Fsp3) is 0.533. The van der Waals surface area contributed by atoms with Gasteiger partial charge in [-0.25, -0.2) is 17.5 Å². The Bertz CT molecular complexity index is 1370. The second-order valence-electron chi connectivity index (χ2n) is 11.2. The van der Waals surface area contributed by atoms with Crippen molar-refractivity contribution in [3.63, 3.8) is 0 Å². The van der Waals surface area contributed by atoms with Crippen LogP contribution in [0.4, 0.5) is 4.39 Å². The van der Waals surface area contributed by atoms with Crippen molar-refractivity contribution in [2.24, 2.45) is 5.92 Å². The van der Waals surface area contributed by atoms with Gasteiger partial charge in [-0.15, -0.1) is 0 Å². The first-order valence-electron chi connectivity index (χ1n) is 14.5. The summed E-state index contributed by atoms with van der Waals surface area (Å²) in [7, 11) is -2.15. The van der Waals surface area contributed by atoms with Crippen LogP contribution in [0.3, 0.4) is 0 Å². The standard InChI is InChI=1S/C30H40BrFN4O6S/c1-41-24-5-3-4-21(14-24)17-34-29(37)28-16-25(42-19-22-7-8-23(31)15-26(22)32)18-36(28)30(38)27(35-43(2,39)40)9-6-20-10-12-33-13-11-20/h3-5,7-8,14-15,20,25,27-28,33,35H,6,9-13,16-19H2,1-2H3,(H,34,37). The maximum Gasteiger partial charge on any atom is 0.243 e. The molecular formula is C30H40BrFN4O6S. The maximum atomic E-state index is 14.4. The molecule has 4 rings (SSSR count). The minimum absolute atomic E-state index is 0.0370. The Hall–Kier alpha value is -2.58. The van der Waals surface area contributed by atoms with Crippen LogP contribution in [0, 0.1) is 11.7 Å². The van der Waals surface area contributed by atoms with Gasteiger partial charge in [-0.3, -0.25) is 9.59 Å². The molecule has 2 heterocycles. The first-order valence-corrected chi connectivity index (χ1v) is 17.2. The summed E-state index contributed by atoms with van der Waals surface area (Å²) in [6, 6.07) is 10.1. The summed E-state index contributed by atoms with van der Waals surface area (Å²) in [5, 5.41) is 6.22. The van der Waals surface area contributed by atoms with E-state index in [9.17, 15) is 22.4 Å². The molecule has 0 aromatic heterocycles. The molecule has 236 valence electrons. The van der Waals surface area contributed by atoms with Crippen molar-refractivity contribution >= 4 is 37.8 Å². The average molecular weight is 684 g/mol. The Morgan fingerprint density at radius 2 is 1.95 bits per heavy atom. The van der Waals surface area contributed by atoms with Gasteiger partial charge in [-0.1, -0.05) is 34.1 Å². The van der Waals surface area contributed by atoms with Gasteiger partial charge < -0.3 is 25.0 Å². The molecule has 2 aromatic rings. The Kier molecular flexibility index (Phi) is 12.0. The molecule has 2 aliphatic heterocycles. The molecule has 0 aliphatic carbocycles. The van der Waals surface area contributed by atoms with Gasteiger partial charge in [0.2, 0.25) is 21.8 Å². The molecular weight excluding hydrogens is 643 g/mol. The van der Waals surface area contributed by atoms with Gasteiger partial charge >= 0.3 is 0 Å². The van der Waals surface area contributed by atoms with Gasteiger partial charge in [0.15, 0.2) is 0 Å². The van der Waals surface area contributed by atoms with E-state index < -0.39 is 39.9 Å². The zero-order chi connectivity index (χ0) is 31.0. The number of ether oxygens (including phenoxy) is 2. The highest BCUT2D eigenvalue weighted by Crippen LogP contribution is 2.26. The highest BCUT2D eigenvalue weighted by atomic mass is 79.9. The second kappa shape index (κ2) is 15.4. The second-order valence-corrected chi connectivity index (χ2v) is 13.9. The molecule has 13 heteroatoms. The van der Waals surface area contributed by atoms with E-state index in [-0.39, 0.29) is 32.0 Å². The number of nitrogens with one attached hydrogen (secondary N) is 3. The number of hydrogen-bond donors (Lipinski definition) is 3. The summed E-state index contributed by atoms with van der Waals surface area (Å²) in [5.41, 5.74) is 1.17. The van der Waals surface area contributed by atoms with Crippen LogP contribution in [0.2, 0.25) is 0 Å². The molecule has 0 radical (unpaired) electrons. The van der Waals surface area contributed by atoms with Crippen molar-refractivity contribution in [2.75, 3.05) is 33.0 Å². The van der Waals surface area contributed by atoms with E-state index in [1.807, 2.05) is 18.2 Å². The van der Waals surface area contributed by atoms with Gasteiger partial charge in [0.05, 0.1) is 26.1 Å². The fourth-order valence-corrected chi connectivity index (χ4v) is 6.68. The number of sulfonamides is 1. The van der Waals surface area contributed by atoms with Crippen LogP contribution in [-0.2, 0) is 37.5 Å². The van der Waals surface area contributed by atoms with E-state index in [4.69, 9.17) is 9.47 Å². The number of nitrogens with zero attached hydrogens (tertiary/aromatic N) is 1. The number of hydrogen-bond acceptors (Lipinski definition) is 7. The van der Waals surface area contributed by atoms with Crippen molar-refractivity contribution < 1.29 is 31.9 Å². The van der Waals surface area contributed by atoms with E-state index in [2.05, 4.69) is 31.3 Å². The summed E-state index contributed by atoms with van der Waals surface area (Å²) in [6.07, 6.45) is 3.59. The quantitative estimate of drug-likeness (QED) is 0.297. The number of likely N-dealkylation sites (tertiary alicyclic amines) is 1. The first-order chi connectivity index (χ1) is 20.5. The molecule has 2 aliphatic rings.